The maximum absolute atomic E-state index is 14.1. The highest BCUT2D eigenvalue weighted by Gasteiger charge is 2.35. The van der Waals surface area contributed by atoms with E-state index in [9.17, 15) is 12.8 Å². The highest BCUT2D eigenvalue weighted by atomic mass is 32.2. The van der Waals surface area contributed by atoms with Crippen LogP contribution >= 0.6 is 0 Å². The van der Waals surface area contributed by atoms with Gasteiger partial charge in [0.05, 0.1) is 19.9 Å². The molecule has 1 aliphatic heterocycles. The summed E-state index contributed by atoms with van der Waals surface area (Å²) in [5, 5.41) is 0. The number of anilines is 1. The van der Waals surface area contributed by atoms with Crippen LogP contribution < -0.4 is 13.8 Å². The number of ether oxygens (including phenoxy) is 2. The minimum Gasteiger partial charge on any atom is -0.497 e. The summed E-state index contributed by atoms with van der Waals surface area (Å²) in [5.74, 6) is 0.0963. The molecule has 0 radical (unpaired) electrons. The second-order valence-electron chi connectivity index (χ2n) is 5.09. The van der Waals surface area contributed by atoms with Gasteiger partial charge in [0, 0.05) is 12.6 Å². The van der Waals surface area contributed by atoms with Crippen molar-refractivity contribution >= 4 is 15.7 Å². The first-order valence-corrected chi connectivity index (χ1v) is 8.45. The Kier molecular flexibility index (Phi) is 3.89. The largest absolute Gasteiger partial charge is 0.497 e. The van der Waals surface area contributed by atoms with E-state index in [1.54, 1.807) is 12.1 Å². The summed E-state index contributed by atoms with van der Waals surface area (Å²) in [7, 11) is -1.07. The van der Waals surface area contributed by atoms with Gasteiger partial charge in [0.15, 0.2) is 0 Å². The van der Waals surface area contributed by atoms with Crippen LogP contribution in [-0.2, 0) is 16.4 Å². The van der Waals surface area contributed by atoms with Crippen molar-refractivity contribution in [1.82, 2.24) is 0 Å². The fourth-order valence-corrected chi connectivity index (χ4v) is 4.37. The lowest BCUT2D eigenvalue weighted by molar-refractivity contribution is 0.386. The minimum absolute atomic E-state index is 0.0168. The SMILES string of the molecule is COc1ccc(S(=O)(=O)N2CCc3cccc(F)c32)c(OC)c1. The van der Waals surface area contributed by atoms with Gasteiger partial charge in [-0.15, -0.1) is 0 Å². The summed E-state index contributed by atoms with van der Waals surface area (Å²) in [4.78, 5) is -0.0168. The molecule has 0 spiro atoms. The van der Waals surface area contributed by atoms with Gasteiger partial charge in [-0.25, -0.2) is 12.8 Å². The highest BCUT2D eigenvalue weighted by molar-refractivity contribution is 7.93. The van der Waals surface area contributed by atoms with E-state index in [2.05, 4.69) is 0 Å². The Bertz CT molecular complexity index is 851. The van der Waals surface area contributed by atoms with Crippen molar-refractivity contribution in [2.24, 2.45) is 0 Å². The zero-order valence-corrected chi connectivity index (χ0v) is 13.6. The molecule has 0 aliphatic carbocycles. The fourth-order valence-electron chi connectivity index (χ4n) is 2.72. The molecule has 7 heteroatoms. The second-order valence-corrected chi connectivity index (χ2v) is 6.92. The lowest BCUT2D eigenvalue weighted by Crippen LogP contribution is -2.30. The molecule has 2 aromatic rings. The number of fused-ring (bicyclic) bond motifs is 1. The van der Waals surface area contributed by atoms with Crippen LogP contribution in [0.3, 0.4) is 0 Å². The van der Waals surface area contributed by atoms with Crippen LogP contribution in [0.1, 0.15) is 5.56 Å². The van der Waals surface area contributed by atoms with Gasteiger partial charge in [-0.3, -0.25) is 4.31 Å². The number of hydrogen-bond donors (Lipinski definition) is 0. The molecular weight excluding hydrogens is 321 g/mol. The molecule has 0 atom stereocenters. The third-order valence-corrected chi connectivity index (χ3v) is 5.68. The first-order valence-electron chi connectivity index (χ1n) is 7.01. The fraction of sp³-hybridized carbons (Fsp3) is 0.250. The number of benzene rings is 2. The molecule has 122 valence electrons. The summed E-state index contributed by atoms with van der Waals surface area (Å²) in [6, 6.07) is 9.01. The van der Waals surface area contributed by atoms with Crippen LogP contribution in [0.4, 0.5) is 10.1 Å². The van der Waals surface area contributed by atoms with E-state index in [0.29, 0.717) is 17.7 Å². The molecule has 0 bridgehead atoms. The normalized spacial score (nSPS) is 13.8. The zero-order chi connectivity index (χ0) is 16.6. The lowest BCUT2D eigenvalue weighted by atomic mass is 10.2. The van der Waals surface area contributed by atoms with Crippen LogP contribution in [0, 0.1) is 5.82 Å². The van der Waals surface area contributed by atoms with Crippen molar-refractivity contribution < 1.29 is 22.3 Å². The maximum atomic E-state index is 14.1. The van der Waals surface area contributed by atoms with Crippen LogP contribution in [0.2, 0.25) is 0 Å². The van der Waals surface area contributed by atoms with E-state index in [4.69, 9.17) is 9.47 Å². The second kappa shape index (κ2) is 5.73. The standard InChI is InChI=1S/C16H16FNO4S/c1-21-12-6-7-15(14(10-12)22-2)23(19,20)18-9-8-11-4-3-5-13(17)16(11)18/h3-7,10H,8-9H2,1-2H3. The molecule has 0 aromatic heterocycles. The molecule has 1 aliphatic rings. The molecule has 3 rings (SSSR count). The zero-order valence-electron chi connectivity index (χ0n) is 12.7. The van der Waals surface area contributed by atoms with Crippen LogP contribution in [0.15, 0.2) is 41.3 Å². The Morgan fingerprint density at radius 1 is 1.13 bits per heavy atom. The molecule has 0 saturated heterocycles. The summed E-state index contributed by atoms with van der Waals surface area (Å²) in [6.07, 6.45) is 0.477. The van der Waals surface area contributed by atoms with Gasteiger partial charge in [0.2, 0.25) is 0 Å². The van der Waals surface area contributed by atoms with Crippen LogP contribution in [0.5, 0.6) is 11.5 Å². The molecule has 1 heterocycles. The van der Waals surface area contributed by atoms with Gasteiger partial charge in [-0.2, -0.15) is 0 Å². The Morgan fingerprint density at radius 2 is 1.91 bits per heavy atom. The summed E-state index contributed by atoms with van der Waals surface area (Å²) in [6.45, 7) is 0.202. The number of para-hydroxylation sites is 1. The Balaban J connectivity index is 2.12. The maximum Gasteiger partial charge on any atom is 0.268 e. The van der Waals surface area contributed by atoms with Crippen molar-refractivity contribution in [3.63, 3.8) is 0 Å². The van der Waals surface area contributed by atoms with Gasteiger partial charge < -0.3 is 9.47 Å². The van der Waals surface area contributed by atoms with Gasteiger partial charge in [0.1, 0.15) is 22.2 Å². The first kappa shape index (κ1) is 15.6. The number of sulfonamides is 1. The monoisotopic (exact) mass is 337 g/mol. The molecule has 0 fully saturated rings. The predicted molar refractivity (Wildman–Crippen MR) is 84.2 cm³/mol. The molecule has 5 nitrogen and oxygen atoms in total. The molecule has 0 N–H and O–H groups in total. The molecule has 0 amide bonds. The number of methoxy groups -OCH3 is 2. The number of nitrogens with zero attached hydrogens (tertiary/aromatic N) is 1. The number of hydrogen-bond acceptors (Lipinski definition) is 4. The van der Waals surface area contributed by atoms with E-state index in [-0.39, 0.29) is 22.9 Å². The van der Waals surface area contributed by atoms with Crippen molar-refractivity contribution in [2.75, 3.05) is 25.1 Å². The van der Waals surface area contributed by atoms with Crippen LogP contribution in [-0.4, -0.2) is 29.2 Å². The average molecular weight is 337 g/mol. The van der Waals surface area contributed by atoms with Crippen molar-refractivity contribution in [2.45, 2.75) is 11.3 Å². The lowest BCUT2D eigenvalue weighted by Gasteiger charge is -2.21. The first-order chi connectivity index (χ1) is 11.0. The topological polar surface area (TPSA) is 55.8 Å². The third-order valence-electron chi connectivity index (χ3n) is 3.84. The van der Waals surface area contributed by atoms with E-state index in [0.717, 1.165) is 4.31 Å². The minimum atomic E-state index is -3.93. The predicted octanol–water partition coefficient (Wildman–Crippen LogP) is 2.59. The van der Waals surface area contributed by atoms with Gasteiger partial charge in [0.25, 0.3) is 10.0 Å². The van der Waals surface area contributed by atoms with E-state index >= 15 is 0 Å². The smallest absolute Gasteiger partial charge is 0.268 e. The molecule has 0 unspecified atom stereocenters. The van der Waals surface area contributed by atoms with E-state index in [1.807, 2.05) is 0 Å². The quantitative estimate of drug-likeness (QED) is 0.860. The average Bonchev–Trinajstić information content (AvgIpc) is 3.00. The molecule has 0 saturated carbocycles. The number of rotatable bonds is 4. The van der Waals surface area contributed by atoms with Crippen molar-refractivity contribution in [1.29, 1.82) is 0 Å². The summed E-state index contributed by atoms with van der Waals surface area (Å²) in [5.41, 5.74) is 0.798. The summed E-state index contributed by atoms with van der Waals surface area (Å²) < 4.78 is 51.4. The van der Waals surface area contributed by atoms with E-state index in [1.165, 1.54) is 38.5 Å². The molecule has 23 heavy (non-hydrogen) atoms. The van der Waals surface area contributed by atoms with Gasteiger partial charge in [-0.05, 0) is 30.2 Å². The van der Waals surface area contributed by atoms with Crippen molar-refractivity contribution in [3.8, 4) is 11.5 Å². The van der Waals surface area contributed by atoms with Gasteiger partial charge in [-0.1, -0.05) is 12.1 Å². The number of halogens is 1. The highest BCUT2D eigenvalue weighted by Crippen LogP contribution is 2.38. The Morgan fingerprint density at radius 3 is 2.61 bits per heavy atom. The Hall–Kier alpha value is -2.28. The molecular formula is C16H16FNO4S. The third kappa shape index (κ3) is 2.50. The van der Waals surface area contributed by atoms with Gasteiger partial charge >= 0.3 is 0 Å². The van der Waals surface area contributed by atoms with Crippen LogP contribution in [0.25, 0.3) is 0 Å². The van der Waals surface area contributed by atoms with E-state index < -0.39 is 15.8 Å². The Labute approximate surface area is 134 Å². The summed E-state index contributed by atoms with van der Waals surface area (Å²) >= 11 is 0. The van der Waals surface area contributed by atoms with Crippen molar-refractivity contribution in [3.05, 3.63) is 47.8 Å². The molecule has 2 aromatic carbocycles.